The molecule has 0 radical (unpaired) electrons. The summed E-state index contributed by atoms with van der Waals surface area (Å²) in [6, 6.07) is -0.671. The normalized spacial score (nSPS) is 24.3. The maximum Gasteiger partial charge on any atom is 0.323 e. The van der Waals surface area contributed by atoms with Gasteiger partial charge in [-0.15, -0.1) is 11.8 Å². The number of morpholine rings is 1. The predicted octanol–water partition coefficient (Wildman–Crippen LogP) is 0.246. The van der Waals surface area contributed by atoms with E-state index in [1.165, 1.54) is 11.8 Å². The SMILES string of the molecule is CCOC(=O)C(N)CSCC(=O)N1CC(C)OC(C)C1. The second kappa shape index (κ2) is 8.49. The predicted molar refractivity (Wildman–Crippen MR) is 78.5 cm³/mol. The van der Waals surface area contributed by atoms with Crippen LogP contribution >= 0.6 is 11.8 Å². The van der Waals surface area contributed by atoms with Crippen LogP contribution in [0.4, 0.5) is 0 Å². The molecule has 116 valence electrons. The first kappa shape index (κ1) is 17.3. The van der Waals surface area contributed by atoms with Gasteiger partial charge in [-0.1, -0.05) is 0 Å². The van der Waals surface area contributed by atoms with Gasteiger partial charge in [-0.2, -0.15) is 0 Å². The number of rotatable bonds is 6. The summed E-state index contributed by atoms with van der Waals surface area (Å²) in [4.78, 5) is 25.2. The van der Waals surface area contributed by atoms with E-state index in [-0.39, 0.29) is 18.1 Å². The Morgan fingerprint density at radius 2 is 2.00 bits per heavy atom. The number of amides is 1. The van der Waals surface area contributed by atoms with Crippen LogP contribution in [0.3, 0.4) is 0 Å². The van der Waals surface area contributed by atoms with Crippen LogP contribution in [-0.2, 0) is 19.1 Å². The first-order chi connectivity index (χ1) is 9.43. The largest absolute Gasteiger partial charge is 0.465 e. The van der Waals surface area contributed by atoms with E-state index in [0.29, 0.717) is 31.2 Å². The summed E-state index contributed by atoms with van der Waals surface area (Å²) in [7, 11) is 0. The molecule has 1 aliphatic heterocycles. The van der Waals surface area contributed by atoms with E-state index in [9.17, 15) is 9.59 Å². The summed E-state index contributed by atoms with van der Waals surface area (Å²) in [5.41, 5.74) is 5.67. The number of carbonyl (C=O) groups excluding carboxylic acids is 2. The minimum atomic E-state index is -0.671. The zero-order valence-electron chi connectivity index (χ0n) is 12.3. The van der Waals surface area contributed by atoms with Crippen LogP contribution in [0, 0.1) is 0 Å². The van der Waals surface area contributed by atoms with Gasteiger partial charge in [0.25, 0.3) is 0 Å². The molecule has 1 aliphatic rings. The fourth-order valence-corrected chi connectivity index (χ4v) is 2.93. The fraction of sp³-hybridized carbons (Fsp3) is 0.846. The zero-order valence-corrected chi connectivity index (χ0v) is 13.1. The third-order valence-corrected chi connectivity index (χ3v) is 3.93. The molecular weight excluding hydrogens is 280 g/mol. The third-order valence-electron chi connectivity index (χ3n) is 2.88. The first-order valence-electron chi connectivity index (χ1n) is 6.87. The molecule has 2 N–H and O–H groups in total. The minimum absolute atomic E-state index is 0.0630. The van der Waals surface area contributed by atoms with Crippen molar-refractivity contribution < 1.29 is 19.1 Å². The summed E-state index contributed by atoms with van der Waals surface area (Å²) in [6.07, 6.45) is 0.129. The van der Waals surface area contributed by atoms with Gasteiger partial charge in [0.15, 0.2) is 0 Å². The lowest BCUT2D eigenvalue weighted by molar-refractivity contribution is -0.144. The standard InChI is InChI=1S/C13H24N2O4S/c1-4-18-13(17)11(14)7-20-8-12(16)15-5-9(2)19-10(3)6-15/h9-11H,4-8,14H2,1-3H3. The molecule has 0 aromatic carbocycles. The van der Waals surface area contributed by atoms with Gasteiger partial charge in [0, 0.05) is 18.8 Å². The highest BCUT2D eigenvalue weighted by Crippen LogP contribution is 2.13. The molecule has 0 bridgehead atoms. The highest BCUT2D eigenvalue weighted by molar-refractivity contribution is 8.00. The van der Waals surface area contributed by atoms with Crippen molar-refractivity contribution in [3.05, 3.63) is 0 Å². The van der Waals surface area contributed by atoms with Gasteiger partial charge in [0.1, 0.15) is 6.04 Å². The number of thioether (sulfide) groups is 1. The molecule has 3 unspecified atom stereocenters. The van der Waals surface area contributed by atoms with E-state index >= 15 is 0 Å². The van der Waals surface area contributed by atoms with E-state index in [0.717, 1.165) is 0 Å². The topological polar surface area (TPSA) is 81.9 Å². The molecule has 1 fully saturated rings. The molecule has 0 aliphatic carbocycles. The highest BCUT2D eigenvalue weighted by Gasteiger charge is 2.26. The van der Waals surface area contributed by atoms with Gasteiger partial charge in [0.05, 0.1) is 24.6 Å². The molecule has 7 heteroatoms. The molecule has 0 saturated carbocycles. The summed E-state index contributed by atoms with van der Waals surface area (Å²) >= 11 is 1.36. The second-order valence-electron chi connectivity index (χ2n) is 4.93. The smallest absolute Gasteiger partial charge is 0.323 e. The van der Waals surface area contributed by atoms with Crippen LogP contribution in [-0.4, -0.2) is 66.2 Å². The van der Waals surface area contributed by atoms with E-state index in [2.05, 4.69) is 0 Å². The summed E-state index contributed by atoms with van der Waals surface area (Å²) < 4.78 is 10.4. The zero-order chi connectivity index (χ0) is 15.1. The molecular formula is C13H24N2O4S. The van der Waals surface area contributed by atoms with E-state index in [4.69, 9.17) is 15.2 Å². The molecule has 6 nitrogen and oxygen atoms in total. The van der Waals surface area contributed by atoms with Crippen molar-refractivity contribution in [2.75, 3.05) is 31.2 Å². The second-order valence-corrected chi connectivity index (χ2v) is 5.96. The monoisotopic (exact) mass is 304 g/mol. The van der Waals surface area contributed by atoms with Crippen LogP contribution in [0.2, 0.25) is 0 Å². The number of nitrogens with zero attached hydrogens (tertiary/aromatic N) is 1. The number of hydrogen-bond acceptors (Lipinski definition) is 6. The van der Waals surface area contributed by atoms with Crippen LogP contribution in [0.5, 0.6) is 0 Å². The van der Waals surface area contributed by atoms with Crippen molar-refractivity contribution in [2.24, 2.45) is 5.73 Å². The van der Waals surface area contributed by atoms with Crippen molar-refractivity contribution in [1.29, 1.82) is 0 Å². The summed E-state index contributed by atoms with van der Waals surface area (Å²) in [5.74, 6) is 0.362. The highest BCUT2D eigenvalue weighted by atomic mass is 32.2. The van der Waals surface area contributed by atoms with Crippen molar-refractivity contribution >= 4 is 23.6 Å². The van der Waals surface area contributed by atoms with Crippen LogP contribution < -0.4 is 5.73 Å². The number of esters is 1. The lowest BCUT2D eigenvalue weighted by atomic mass is 10.2. The average Bonchev–Trinajstić information content (AvgIpc) is 2.37. The van der Waals surface area contributed by atoms with Gasteiger partial charge >= 0.3 is 5.97 Å². The van der Waals surface area contributed by atoms with Crippen molar-refractivity contribution in [2.45, 2.75) is 39.0 Å². The van der Waals surface area contributed by atoms with Gasteiger partial charge < -0.3 is 20.1 Å². The molecule has 1 saturated heterocycles. The van der Waals surface area contributed by atoms with Crippen LogP contribution in [0.15, 0.2) is 0 Å². The molecule has 0 aromatic rings. The quantitative estimate of drug-likeness (QED) is 0.708. The Balaban J connectivity index is 2.27. The minimum Gasteiger partial charge on any atom is -0.465 e. The maximum atomic E-state index is 12.1. The maximum absolute atomic E-state index is 12.1. The Morgan fingerprint density at radius 3 is 2.55 bits per heavy atom. The molecule has 0 aromatic heterocycles. The number of nitrogens with two attached hydrogens (primary N) is 1. The Morgan fingerprint density at radius 1 is 1.40 bits per heavy atom. The Kier molecular flexibility index (Phi) is 7.32. The van der Waals surface area contributed by atoms with Crippen molar-refractivity contribution in [1.82, 2.24) is 4.90 Å². The van der Waals surface area contributed by atoms with Crippen molar-refractivity contribution in [3.8, 4) is 0 Å². The van der Waals surface area contributed by atoms with E-state index in [1.807, 2.05) is 18.7 Å². The number of hydrogen-bond donors (Lipinski definition) is 1. The molecule has 3 atom stereocenters. The number of carbonyl (C=O) groups is 2. The summed E-state index contributed by atoms with van der Waals surface area (Å²) in [5, 5.41) is 0. The summed E-state index contributed by atoms with van der Waals surface area (Å²) in [6.45, 7) is 7.21. The van der Waals surface area contributed by atoms with Crippen LogP contribution in [0.1, 0.15) is 20.8 Å². The van der Waals surface area contributed by atoms with Crippen LogP contribution in [0.25, 0.3) is 0 Å². The van der Waals surface area contributed by atoms with Gasteiger partial charge in [-0.05, 0) is 20.8 Å². The molecule has 1 rings (SSSR count). The molecule has 1 heterocycles. The Hall–Kier alpha value is -0.790. The lowest BCUT2D eigenvalue weighted by Crippen LogP contribution is -2.49. The lowest BCUT2D eigenvalue weighted by Gasteiger charge is -2.35. The molecule has 20 heavy (non-hydrogen) atoms. The van der Waals surface area contributed by atoms with Gasteiger partial charge in [0.2, 0.25) is 5.91 Å². The number of ether oxygens (including phenoxy) is 2. The average molecular weight is 304 g/mol. The molecule has 1 amide bonds. The van der Waals surface area contributed by atoms with E-state index < -0.39 is 12.0 Å². The fourth-order valence-electron chi connectivity index (χ4n) is 2.06. The van der Waals surface area contributed by atoms with Crippen molar-refractivity contribution in [3.63, 3.8) is 0 Å². The molecule has 0 spiro atoms. The van der Waals surface area contributed by atoms with Gasteiger partial charge in [-0.3, -0.25) is 9.59 Å². The Bertz CT molecular complexity index is 330. The van der Waals surface area contributed by atoms with Gasteiger partial charge in [-0.25, -0.2) is 0 Å². The Labute approximate surface area is 124 Å². The third kappa shape index (κ3) is 5.68. The van der Waals surface area contributed by atoms with E-state index in [1.54, 1.807) is 6.92 Å². The first-order valence-corrected chi connectivity index (χ1v) is 8.02.